The topological polar surface area (TPSA) is 47.7 Å². The van der Waals surface area contributed by atoms with Crippen molar-refractivity contribution in [3.8, 4) is 5.75 Å². The highest BCUT2D eigenvalue weighted by Gasteiger charge is 2.26. The molecule has 20 heavy (non-hydrogen) atoms. The minimum absolute atomic E-state index is 0.0889. The second kappa shape index (κ2) is 7.07. The highest BCUT2D eigenvalue weighted by Crippen LogP contribution is 2.17. The van der Waals surface area contributed by atoms with Gasteiger partial charge < -0.3 is 15.2 Å². The molecular formula is C16H26N2O2. The average Bonchev–Trinajstić information content (AvgIpc) is 2.48. The van der Waals surface area contributed by atoms with Crippen molar-refractivity contribution >= 4 is 0 Å². The molecule has 1 saturated heterocycles. The number of rotatable bonds is 5. The molecule has 0 spiro atoms. The van der Waals surface area contributed by atoms with Crippen LogP contribution in [0, 0.1) is 0 Å². The molecule has 1 heterocycles. The highest BCUT2D eigenvalue weighted by atomic mass is 16.5. The quantitative estimate of drug-likeness (QED) is 0.890. The van der Waals surface area contributed by atoms with Gasteiger partial charge in [-0.05, 0) is 38.0 Å². The van der Waals surface area contributed by atoms with Gasteiger partial charge in [0, 0.05) is 25.2 Å². The van der Waals surface area contributed by atoms with Gasteiger partial charge in [0.1, 0.15) is 5.75 Å². The summed E-state index contributed by atoms with van der Waals surface area (Å²) in [5, 5.41) is 0. The number of nitrogens with two attached hydrogens (primary N) is 1. The molecule has 0 saturated carbocycles. The third-order valence-electron chi connectivity index (χ3n) is 4.02. The predicted octanol–water partition coefficient (Wildman–Crippen LogP) is 1.67. The Hall–Kier alpha value is -1.10. The molecule has 1 aliphatic rings. The fraction of sp³-hybridized carbons (Fsp3) is 0.625. The molecule has 1 aromatic carbocycles. The highest BCUT2D eigenvalue weighted by molar-refractivity contribution is 5.27. The molecule has 1 aliphatic heterocycles. The van der Waals surface area contributed by atoms with Crippen molar-refractivity contribution in [1.29, 1.82) is 0 Å². The van der Waals surface area contributed by atoms with Crippen LogP contribution in [0.5, 0.6) is 5.75 Å². The van der Waals surface area contributed by atoms with E-state index in [1.807, 2.05) is 19.1 Å². The average molecular weight is 278 g/mol. The molecule has 3 unspecified atom stereocenters. The number of methoxy groups -OCH3 is 1. The summed E-state index contributed by atoms with van der Waals surface area (Å²) in [6.07, 6.45) is 1.19. The zero-order valence-corrected chi connectivity index (χ0v) is 12.7. The van der Waals surface area contributed by atoms with E-state index in [1.165, 1.54) is 5.56 Å². The zero-order valence-electron chi connectivity index (χ0n) is 12.7. The lowest BCUT2D eigenvalue weighted by molar-refractivity contribution is -0.0492. The summed E-state index contributed by atoms with van der Waals surface area (Å²) < 4.78 is 10.9. The van der Waals surface area contributed by atoms with Crippen LogP contribution in [0.1, 0.15) is 19.4 Å². The third kappa shape index (κ3) is 3.95. The molecule has 1 fully saturated rings. The molecule has 0 radical (unpaired) electrons. The molecule has 3 atom stereocenters. The molecule has 2 rings (SSSR count). The van der Waals surface area contributed by atoms with Crippen LogP contribution in [0.15, 0.2) is 24.3 Å². The molecular weight excluding hydrogens is 252 g/mol. The Morgan fingerprint density at radius 2 is 2.05 bits per heavy atom. The fourth-order valence-electron chi connectivity index (χ4n) is 2.65. The molecule has 0 aromatic heterocycles. The van der Waals surface area contributed by atoms with E-state index >= 15 is 0 Å². The van der Waals surface area contributed by atoms with Crippen molar-refractivity contribution in [2.45, 2.75) is 38.5 Å². The molecule has 112 valence electrons. The van der Waals surface area contributed by atoms with E-state index in [0.29, 0.717) is 6.04 Å². The van der Waals surface area contributed by atoms with E-state index in [1.54, 1.807) is 7.11 Å². The summed E-state index contributed by atoms with van der Waals surface area (Å²) in [5.41, 5.74) is 7.28. The number of hydrogen-bond acceptors (Lipinski definition) is 4. The van der Waals surface area contributed by atoms with Crippen molar-refractivity contribution in [3.63, 3.8) is 0 Å². The van der Waals surface area contributed by atoms with Gasteiger partial charge in [-0.15, -0.1) is 0 Å². The second-order valence-electron chi connectivity index (χ2n) is 5.66. The van der Waals surface area contributed by atoms with Crippen LogP contribution in [0.2, 0.25) is 0 Å². The molecule has 2 N–H and O–H groups in total. The van der Waals surface area contributed by atoms with Gasteiger partial charge in [0.05, 0.1) is 19.8 Å². The monoisotopic (exact) mass is 278 g/mol. The van der Waals surface area contributed by atoms with Gasteiger partial charge in [0.25, 0.3) is 0 Å². The Bertz CT molecular complexity index is 405. The summed E-state index contributed by atoms with van der Waals surface area (Å²) >= 11 is 0. The first-order valence-electron chi connectivity index (χ1n) is 7.34. The van der Waals surface area contributed by atoms with Crippen molar-refractivity contribution in [2.24, 2.45) is 5.73 Å². The second-order valence-corrected chi connectivity index (χ2v) is 5.66. The SMILES string of the molecule is COc1ccc(CC(C)N2CCOC(C(C)N)C2)cc1. The molecule has 4 nitrogen and oxygen atoms in total. The maximum atomic E-state index is 5.95. The van der Waals surface area contributed by atoms with Crippen LogP contribution in [-0.4, -0.2) is 49.9 Å². The first-order chi connectivity index (χ1) is 9.60. The van der Waals surface area contributed by atoms with Gasteiger partial charge in [-0.25, -0.2) is 0 Å². The van der Waals surface area contributed by atoms with Crippen LogP contribution < -0.4 is 10.5 Å². The van der Waals surface area contributed by atoms with Gasteiger partial charge in [0.2, 0.25) is 0 Å². The predicted molar refractivity (Wildman–Crippen MR) is 81.1 cm³/mol. The summed E-state index contributed by atoms with van der Waals surface area (Å²) in [6, 6.07) is 8.90. The van der Waals surface area contributed by atoms with Gasteiger partial charge in [0.15, 0.2) is 0 Å². The molecule has 0 amide bonds. The standard InChI is InChI=1S/C16H26N2O2/c1-12(10-14-4-6-15(19-3)7-5-14)18-8-9-20-16(11-18)13(2)17/h4-7,12-13,16H,8-11,17H2,1-3H3. The Morgan fingerprint density at radius 1 is 1.35 bits per heavy atom. The van der Waals surface area contributed by atoms with E-state index in [9.17, 15) is 0 Å². The lowest BCUT2D eigenvalue weighted by Crippen LogP contribution is -2.52. The third-order valence-corrected chi connectivity index (χ3v) is 4.02. The van der Waals surface area contributed by atoms with Crippen LogP contribution in [0.25, 0.3) is 0 Å². The van der Waals surface area contributed by atoms with Gasteiger partial charge in [-0.1, -0.05) is 12.1 Å². The minimum atomic E-state index is 0.0889. The number of morpholine rings is 1. The van der Waals surface area contributed by atoms with Crippen molar-refractivity contribution < 1.29 is 9.47 Å². The Morgan fingerprint density at radius 3 is 2.65 bits per heavy atom. The van der Waals surface area contributed by atoms with E-state index in [-0.39, 0.29) is 12.1 Å². The summed E-state index contributed by atoms with van der Waals surface area (Å²) in [7, 11) is 1.69. The Kier molecular flexibility index (Phi) is 5.40. The minimum Gasteiger partial charge on any atom is -0.497 e. The van der Waals surface area contributed by atoms with Gasteiger partial charge in [-0.2, -0.15) is 0 Å². The fourth-order valence-corrected chi connectivity index (χ4v) is 2.65. The first kappa shape index (κ1) is 15.3. The maximum absolute atomic E-state index is 5.95. The van der Waals surface area contributed by atoms with Crippen molar-refractivity contribution in [3.05, 3.63) is 29.8 Å². The smallest absolute Gasteiger partial charge is 0.118 e. The molecule has 4 heteroatoms. The first-order valence-corrected chi connectivity index (χ1v) is 7.34. The van der Waals surface area contributed by atoms with E-state index < -0.39 is 0 Å². The van der Waals surface area contributed by atoms with Gasteiger partial charge in [-0.3, -0.25) is 4.90 Å². The maximum Gasteiger partial charge on any atom is 0.118 e. The molecule has 1 aromatic rings. The molecule has 0 bridgehead atoms. The van der Waals surface area contributed by atoms with Crippen LogP contribution >= 0.6 is 0 Å². The van der Waals surface area contributed by atoms with E-state index in [4.69, 9.17) is 15.2 Å². The molecule has 0 aliphatic carbocycles. The summed E-state index contributed by atoms with van der Waals surface area (Å²) in [6.45, 7) is 6.98. The van der Waals surface area contributed by atoms with Crippen LogP contribution in [-0.2, 0) is 11.2 Å². The largest absolute Gasteiger partial charge is 0.497 e. The lowest BCUT2D eigenvalue weighted by Gasteiger charge is -2.38. The number of benzene rings is 1. The number of hydrogen-bond donors (Lipinski definition) is 1. The Balaban J connectivity index is 1.91. The zero-order chi connectivity index (χ0) is 14.5. The normalized spacial score (nSPS) is 23.3. The van der Waals surface area contributed by atoms with Crippen LogP contribution in [0.3, 0.4) is 0 Å². The number of ether oxygens (including phenoxy) is 2. The lowest BCUT2D eigenvalue weighted by atomic mass is 10.0. The Labute approximate surface area is 121 Å². The van der Waals surface area contributed by atoms with E-state index in [2.05, 4.69) is 24.0 Å². The van der Waals surface area contributed by atoms with E-state index in [0.717, 1.165) is 31.9 Å². The van der Waals surface area contributed by atoms with Crippen LogP contribution in [0.4, 0.5) is 0 Å². The number of nitrogens with zero attached hydrogens (tertiary/aromatic N) is 1. The van der Waals surface area contributed by atoms with Gasteiger partial charge >= 0.3 is 0 Å². The van der Waals surface area contributed by atoms with Crippen molar-refractivity contribution in [1.82, 2.24) is 4.90 Å². The van der Waals surface area contributed by atoms with Crippen molar-refractivity contribution in [2.75, 3.05) is 26.8 Å². The summed E-state index contributed by atoms with van der Waals surface area (Å²) in [5.74, 6) is 0.907. The summed E-state index contributed by atoms with van der Waals surface area (Å²) in [4.78, 5) is 2.47.